The van der Waals surface area contributed by atoms with Crippen molar-refractivity contribution in [2.45, 2.75) is 25.4 Å². The summed E-state index contributed by atoms with van der Waals surface area (Å²) in [5.74, 6) is 0. The van der Waals surface area contributed by atoms with Crippen LogP contribution in [0.25, 0.3) is 0 Å². The maximum Gasteiger partial charge on any atom is 0.0602 e. The Bertz CT molecular complexity index is 499. The lowest BCUT2D eigenvalue weighted by Gasteiger charge is -2.29. The minimum atomic E-state index is 0.371. The molecule has 0 amide bonds. The van der Waals surface area contributed by atoms with Crippen molar-refractivity contribution >= 4 is 0 Å². The standard InChI is InChI=1S/C19H24N2/c1-2-20-18-13-14-21(15-18)19(16-9-5-3-6-10-16)17-11-7-4-8-12-17/h3-12,18-20H,2,13-15H2,1H3. The van der Waals surface area contributed by atoms with Crippen molar-refractivity contribution in [3.05, 3.63) is 71.8 Å². The zero-order valence-electron chi connectivity index (χ0n) is 12.7. The highest BCUT2D eigenvalue weighted by molar-refractivity contribution is 5.32. The molecule has 1 heterocycles. The Kier molecular flexibility index (Phi) is 4.69. The smallest absolute Gasteiger partial charge is 0.0602 e. The summed E-state index contributed by atoms with van der Waals surface area (Å²) in [6.45, 7) is 5.53. The van der Waals surface area contributed by atoms with E-state index in [2.05, 4.69) is 77.8 Å². The van der Waals surface area contributed by atoms with Crippen LogP contribution in [-0.2, 0) is 0 Å². The van der Waals surface area contributed by atoms with Crippen molar-refractivity contribution in [2.75, 3.05) is 19.6 Å². The van der Waals surface area contributed by atoms with Crippen molar-refractivity contribution in [3.8, 4) is 0 Å². The van der Waals surface area contributed by atoms with Gasteiger partial charge in [-0.2, -0.15) is 0 Å². The van der Waals surface area contributed by atoms with E-state index >= 15 is 0 Å². The highest BCUT2D eigenvalue weighted by atomic mass is 15.2. The molecule has 1 N–H and O–H groups in total. The molecule has 1 aliphatic heterocycles. The van der Waals surface area contributed by atoms with Gasteiger partial charge < -0.3 is 5.32 Å². The molecule has 1 unspecified atom stereocenters. The zero-order valence-corrected chi connectivity index (χ0v) is 12.7. The Morgan fingerprint density at radius 1 is 1.00 bits per heavy atom. The molecular formula is C19H24N2. The number of hydrogen-bond donors (Lipinski definition) is 1. The Labute approximate surface area is 127 Å². The Morgan fingerprint density at radius 2 is 1.57 bits per heavy atom. The largest absolute Gasteiger partial charge is 0.313 e. The third-order valence-electron chi connectivity index (χ3n) is 4.31. The van der Waals surface area contributed by atoms with Crippen LogP contribution in [0.2, 0.25) is 0 Å². The number of rotatable bonds is 5. The van der Waals surface area contributed by atoms with E-state index in [1.165, 1.54) is 17.5 Å². The lowest BCUT2D eigenvalue weighted by molar-refractivity contribution is 0.273. The third kappa shape index (κ3) is 3.34. The second-order valence-electron chi connectivity index (χ2n) is 5.76. The lowest BCUT2D eigenvalue weighted by atomic mass is 9.97. The van der Waals surface area contributed by atoms with Gasteiger partial charge in [0.1, 0.15) is 0 Å². The molecule has 2 heteroatoms. The van der Waals surface area contributed by atoms with Crippen molar-refractivity contribution in [2.24, 2.45) is 0 Å². The van der Waals surface area contributed by atoms with Crippen LogP contribution in [-0.4, -0.2) is 30.6 Å². The van der Waals surface area contributed by atoms with Crippen molar-refractivity contribution in [1.29, 1.82) is 0 Å². The summed E-state index contributed by atoms with van der Waals surface area (Å²) in [7, 11) is 0. The van der Waals surface area contributed by atoms with Gasteiger partial charge in [-0.15, -0.1) is 0 Å². The van der Waals surface area contributed by atoms with Gasteiger partial charge in [0.15, 0.2) is 0 Å². The maximum absolute atomic E-state index is 3.59. The molecule has 110 valence electrons. The fraction of sp³-hybridized carbons (Fsp3) is 0.368. The Balaban J connectivity index is 1.87. The van der Waals surface area contributed by atoms with E-state index in [1.807, 2.05) is 0 Å². The first kappa shape index (κ1) is 14.3. The average molecular weight is 280 g/mol. The molecule has 0 spiro atoms. The minimum Gasteiger partial charge on any atom is -0.313 e. The van der Waals surface area contributed by atoms with Crippen LogP contribution in [0.1, 0.15) is 30.5 Å². The first-order valence-electron chi connectivity index (χ1n) is 7.96. The fourth-order valence-electron chi connectivity index (χ4n) is 3.36. The van der Waals surface area contributed by atoms with E-state index < -0.39 is 0 Å². The quantitative estimate of drug-likeness (QED) is 0.902. The van der Waals surface area contributed by atoms with Gasteiger partial charge in [0, 0.05) is 19.1 Å². The molecule has 21 heavy (non-hydrogen) atoms. The molecule has 0 aliphatic carbocycles. The minimum absolute atomic E-state index is 0.371. The van der Waals surface area contributed by atoms with Gasteiger partial charge in [-0.05, 0) is 24.1 Å². The molecular weight excluding hydrogens is 256 g/mol. The first-order chi connectivity index (χ1) is 10.4. The van der Waals surface area contributed by atoms with Gasteiger partial charge >= 0.3 is 0 Å². The molecule has 2 aromatic rings. The second-order valence-corrected chi connectivity index (χ2v) is 5.76. The summed E-state index contributed by atoms with van der Waals surface area (Å²) in [5, 5.41) is 3.59. The highest BCUT2D eigenvalue weighted by Crippen LogP contribution is 2.31. The Hall–Kier alpha value is -1.64. The summed E-state index contributed by atoms with van der Waals surface area (Å²) in [4.78, 5) is 2.61. The van der Waals surface area contributed by atoms with E-state index in [-0.39, 0.29) is 0 Å². The van der Waals surface area contributed by atoms with E-state index in [0.29, 0.717) is 12.1 Å². The topological polar surface area (TPSA) is 15.3 Å². The van der Waals surface area contributed by atoms with Crippen molar-refractivity contribution in [3.63, 3.8) is 0 Å². The number of benzene rings is 2. The van der Waals surface area contributed by atoms with E-state index in [1.54, 1.807) is 0 Å². The molecule has 1 atom stereocenters. The third-order valence-corrected chi connectivity index (χ3v) is 4.31. The number of nitrogens with one attached hydrogen (secondary N) is 1. The summed E-state index contributed by atoms with van der Waals surface area (Å²) >= 11 is 0. The molecule has 1 fully saturated rings. The molecule has 2 nitrogen and oxygen atoms in total. The summed E-state index contributed by atoms with van der Waals surface area (Å²) < 4.78 is 0. The first-order valence-corrected chi connectivity index (χ1v) is 7.96. The number of likely N-dealkylation sites (tertiary alicyclic amines) is 1. The van der Waals surface area contributed by atoms with Gasteiger partial charge in [-0.3, -0.25) is 4.90 Å². The molecule has 3 rings (SSSR count). The van der Waals surface area contributed by atoms with Gasteiger partial charge in [0.25, 0.3) is 0 Å². The molecule has 0 radical (unpaired) electrons. The van der Waals surface area contributed by atoms with Crippen molar-refractivity contribution in [1.82, 2.24) is 10.2 Å². The fourth-order valence-corrected chi connectivity index (χ4v) is 3.36. The molecule has 1 aliphatic rings. The van der Waals surface area contributed by atoms with Crippen molar-refractivity contribution < 1.29 is 0 Å². The van der Waals surface area contributed by atoms with E-state index in [4.69, 9.17) is 0 Å². The molecule has 0 saturated carbocycles. The molecule has 2 aromatic carbocycles. The van der Waals surface area contributed by atoms with Crippen LogP contribution < -0.4 is 5.32 Å². The summed E-state index contributed by atoms with van der Waals surface area (Å²) in [5.41, 5.74) is 2.78. The molecule has 1 saturated heterocycles. The molecule has 0 aromatic heterocycles. The van der Waals surface area contributed by atoms with Crippen LogP contribution >= 0.6 is 0 Å². The Morgan fingerprint density at radius 3 is 2.10 bits per heavy atom. The van der Waals surface area contributed by atoms with Gasteiger partial charge in [0.05, 0.1) is 6.04 Å². The van der Waals surface area contributed by atoms with Crippen LogP contribution in [0.5, 0.6) is 0 Å². The van der Waals surface area contributed by atoms with Crippen LogP contribution in [0.4, 0.5) is 0 Å². The SMILES string of the molecule is CCNC1CCN(C(c2ccccc2)c2ccccc2)C1. The number of nitrogens with zero attached hydrogens (tertiary/aromatic N) is 1. The van der Waals surface area contributed by atoms with Gasteiger partial charge in [-0.1, -0.05) is 67.6 Å². The van der Waals surface area contributed by atoms with Crippen LogP contribution in [0.3, 0.4) is 0 Å². The summed E-state index contributed by atoms with van der Waals surface area (Å²) in [6.07, 6.45) is 1.24. The predicted molar refractivity (Wildman–Crippen MR) is 88.4 cm³/mol. The highest BCUT2D eigenvalue weighted by Gasteiger charge is 2.29. The van der Waals surface area contributed by atoms with Gasteiger partial charge in [0.2, 0.25) is 0 Å². The number of likely N-dealkylation sites (N-methyl/N-ethyl adjacent to an activating group) is 1. The predicted octanol–water partition coefficient (Wildman–Crippen LogP) is 3.46. The maximum atomic E-state index is 3.59. The van der Waals surface area contributed by atoms with Crippen LogP contribution in [0, 0.1) is 0 Å². The normalized spacial score (nSPS) is 19.2. The van der Waals surface area contributed by atoms with Gasteiger partial charge in [-0.25, -0.2) is 0 Å². The second kappa shape index (κ2) is 6.88. The average Bonchev–Trinajstić information content (AvgIpc) is 2.98. The number of hydrogen-bond acceptors (Lipinski definition) is 2. The lowest BCUT2D eigenvalue weighted by Crippen LogP contribution is -2.34. The summed E-state index contributed by atoms with van der Waals surface area (Å²) in [6, 6.07) is 22.8. The van der Waals surface area contributed by atoms with Crippen LogP contribution in [0.15, 0.2) is 60.7 Å². The van der Waals surface area contributed by atoms with E-state index in [9.17, 15) is 0 Å². The monoisotopic (exact) mass is 280 g/mol. The molecule has 0 bridgehead atoms. The van der Waals surface area contributed by atoms with E-state index in [0.717, 1.165) is 19.6 Å². The zero-order chi connectivity index (χ0) is 14.5.